The lowest BCUT2D eigenvalue weighted by Crippen LogP contribution is -2.37. The van der Waals surface area contributed by atoms with Gasteiger partial charge in [-0.25, -0.2) is 4.68 Å². The Morgan fingerprint density at radius 2 is 1.66 bits per heavy atom. The third-order valence-corrected chi connectivity index (χ3v) is 6.34. The fourth-order valence-electron chi connectivity index (χ4n) is 3.92. The van der Waals surface area contributed by atoms with E-state index in [1.807, 2.05) is 79.7 Å². The van der Waals surface area contributed by atoms with E-state index in [9.17, 15) is 4.79 Å². The van der Waals surface area contributed by atoms with Crippen molar-refractivity contribution in [1.82, 2.24) is 19.6 Å². The maximum atomic E-state index is 14.0. The van der Waals surface area contributed by atoms with Crippen LogP contribution in [0.3, 0.4) is 0 Å². The Hall–Kier alpha value is -3.41. The van der Waals surface area contributed by atoms with E-state index >= 15 is 0 Å². The average Bonchev–Trinajstić information content (AvgIpc) is 3.29. The van der Waals surface area contributed by atoms with Gasteiger partial charge in [0.2, 0.25) is 0 Å². The average molecular weight is 487 g/mol. The maximum Gasteiger partial charge on any atom is 0.272 e. The van der Waals surface area contributed by atoms with Crippen molar-refractivity contribution in [3.05, 3.63) is 106 Å². The van der Waals surface area contributed by atoms with E-state index in [0.29, 0.717) is 23.8 Å². The first-order valence-electron chi connectivity index (χ1n) is 11.7. The van der Waals surface area contributed by atoms with Crippen LogP contribution in [0.2, 0.25) is 5.02 Å². The highest BCUT2D eigenvalue weighted by Crippen LogP contribution is 2.26. The van der Waals surface area contributed by atoms with E-state index in [0.717, 1.165) is 29.1 Å². The van der Waals surface area contributed by atoms with Gasteiger partial charge < -0.3 is 9.80 Å². The van der Waals surface area contributed by atoms with Crippen molar-refractivity contribution in [2.75, 3.05) is 27.2 Å². The molecule has 0 aliphatic heterocycles. The van der Waals surface area contributed by atoms with Crippen LogP contribution in [0, 0.1) is 13.8 Å². The van der Waals surface area contributed by atoms with Crippen molar-refractivity contribution < 1.29 is 4.79 Å². The Bertz CT molecular complexity index is 1310. The second kappa shape index (κ2) is 10.9. The van der Waals surface area contributed by atoms with Gasteiger partial charge in [-0.3, -0.25) is 4.79 Å². The lowest BCUT2D eigenvalue weighted by atomic mass is 10.0. The minimum absolute atomic E-state index is 0.0711. The number of rotatable bonds is 8. The summed E-state index contributed by atoms with van der Waals surface area (Å²) in [6.45, 7) is 6.05. The molecule has 0 N–H and O–H groups in total. The SMILES string of the molecule is Cc1ccc(-c2cc(C(=O)N(CCN(C)C)Cc3ccccc3)n(-c3cccc(Cl)c3)n2)cc1C. The summed E-state index contributed by atoms with van der Waals surface area (Å²) in [7, 11) is 4.03. The zero-order valence-electron chi connectivity index (χ0n) is 20.7. The number of carbonyl (C=O) groups is 1. The van der Waals surface area contributed by atoms with Gasteiger partial charge >= 0.3 is 0 Å². The number of hydrogen-bond acceptors (Lipinski definition) is 3. The molecule has 0 unspecified atom stereocenters. The van der Waals surface area contributed by atoms with Crippen molar-refractivity contribution >= 4 is 17.5 Å². The quantitative estimate of drug-likeness (QED) is 0.306. The number of likely N-dealkylation sites (N-methyl/N-ethyl adjacent to an activating group) is 1. The van der Waals surface area contributed by atoms with Crippen molar-refractivity contribution in [3.63, 3.8) is 0 Å². The van der Waals surface area contributed by atoms with E-state index in [1.165, 1.54) is 11.1 Å². The molecule has 3 aromatic carbocycles. The molecule has 0 aliphatic rings. The van der Waals surface area contributed by atoms with Gasteiger partial charge in [0.1, 0.15) is 5.69 Å². The number of amides is 1. The Balaban J connectivity index is 1.79. The number of aryl methyl sites for hydroxylation is 2. The Labute approximate surface area is 212 Å². The number of aromatic nitrogens is 2. The first kappa shape index (κ1) is 24.7. The largest absolute Gasteiger partial charge is 0.332 e. The van der Waals surface area contributed by atoms with Gasteiger partial charge in [-0.2, -0.15) is 5.10 Å². The molecule has 0 saturated carbocycles. The Morgan fingerprint density at radius 1 is 0.886 bits per heavy atom. The van der Waals surface area contributed by atoms with Gasteiger partial charge in [0, 0.05) is 30.2 Å². The molecule has 0 saturated heterocycles. The molecule has 4 rings (SSSR count). The molecule has 0 aliphatic carbocycles. The lowest BCUT2D eigenvalue weighted by molar-refractivity contribution is 0.0722. The summed E-state index contributed by atoms with van der Waals surface area (Å²) in [5.74, 6) is -0.0711. The van der Waals surface area contributed by atoms with Crippen LogP contribution in [0.15, 0.2) is 78.9 Å². The highest BCUT2D eigenvalue weighted by Gasteiger charge is 2.23. The van der Waals surface area contributed by atoms with Crippen LogP contribution < -0.4 is 0 Å². The maximum absolute atomic E-state index is 14.0. The first-order chi connectivity index (χ1) is 16.8. The van der Waals surface area contributed by atoms with Crippen LogP contribution in [-0.2, 0) is 6.54 Å². The number of nitrogens with zero attached hydrogens (tertiary/aromatic N) is 4. The van der Waals surface area contributed by atoms with Gasteiger partial charge in [0.15, 0.2) is 0 Å². The molecule has 1 aromatic heterocycles. The molecule has 0 bridgehead atoms. The summed E-state index contributed by atoms with van der Waals surface area (Å²) in [6.07, 6.45) is 0. The van der Waals surface area contributed by atoms with E-state index < -0.39 is 0 Å². The number of hydrogen-bond donors (Lipinski definition) is 0. The van der Waals surface area contributed by atoms with Gasteiger partial charge in [-0.1, -0.05) is 60.1 Å². The zero-order valence-corrected chi connectivity index (χ0v) is 21.5. The van der Waals surface area contributed by atoms with Crippen molar-refractivity contribution in [2.24, 2.45) is 0 Å². The predicted octanol–water partition coefficient (Wildman–Crippen LogP) is 6.01. The minimum Gasteiger partial charge on any atom is -0.332 e. The van der Waals surface area contributed by atoms with Crippen molar-refractivity contribution in [3.8, 4) is 16.9 Å². The molecule has 0 spiro atoms. The summed E-state index contributed by atoms with van der Waals surface area (Å²) in [5, 5.41) is 5.46. The third kappa shape index (κ3) is 5.99. The van der Waals surface area contributed by atoms with Crippen LogP contribution in [0.25, 0.3) is 16.9 Å². The Morgan fingerprint density at radius 3 is 2.34 bits per heavy atom. The molecule has 1 amide bonds. The molecular weight excluding hydrogens is 456 g/mol. The van der Waals surface area contributed by atoms with Crippen molar-refractivity contribution in [2.45, 2.75) is 20.4 Å². The zero-order chi connectivity index (χ0) is 24.9. The molecule has 0 radical (unpaired) electrons. The molecule has 4 aromatic rings. The smallest absolute Gasteiger partial charge is 0.272 e. The molecular formula is C29H31ClN4O. The van der Waals surface area contributed by atoms with E-state index in [-0.39, 0.29) is 5.91 Å². The number of benzene rings is 3. The van der Waals surface area contributed by atoms with Crippen LogP contribution >= 0.6 is 11.6 Å². The normalized spacial score (nSPS) is 11.1. The van der Waals surface area contributed by atoms with Crippen LogP contribution in [-0.4, -0.2) is 52.7 Å². The molecule has 6 heteroatoms. The lowest BCUT2D eigenvalue weighted by Gasteiger charge is -2.25. The topological polar surface area (TPSA) is 41.4 Å². The fraction of sp³-hybridized carbons (Fsp3) is 0.241. The highest BCUT2D eigenvalue weighted by molar-refractivity contribution is 6.30. The monoisotopic (exact) mass is 486 g/mol. The number of carbonyl (C=O) groups excluding carboxylic acids is 1. The standard InChI is InChI=1S/C29H31ClN4O/c1-21-13-14-24(17-22(21)2)27-19-28(34(31-27)26-12-8-11-25(30)18-26)29(35)33(16-15-32(3)4)20-23-9-6-5-7-10-23/h5-14,17-19H,15-16,20H2,1-4H3. The van der Waals surface area contributed by atoms with E-state index in [1.54, 1.807) is 4.68 Å². The first-order valence-corrected chi connectivity index (χ1v) is 12.1. The summed E-state index contributed by atoms with van der Waals surface area (Å²) in [4.78, 5) is 18.0. The highest BCUT2D eigenvalue weighted by atomic mass is 35.5. The number of halogens is 1. The molecule has 180 valence electrons. The predicted molar refractivity (Wildman–Crippen MR) is 143 cm³/mol. The second-order valence-corrected chi connectivity index (χ2v) is 9.56. The summed E-state index contributed by atoms with van der Waals surface area (Å²) in [6, 6.07) is 25.7. The molecule has 5 nitrogen and oxygen atoms in total. The molecule has 1 heterocycles. The van der Waals surface area contributed by atoms with Crippen LogP contribution in [0.1, 0.15) is 27.2 Å². The van der Waals surface area contributed by atoms with Gasteiger partial charge in [0.05, 0.1) is 11.4 Å². The fourth-order valence-corrected chi connectivity index (χ4v) is 4.10. The van der Waals surface area contributed by atoms with Crippen LogP contribution in [0.4, 0.5) is 0 Å². The summed E-state index contributed by atoms with van der Waals surface area (Å²) in [5.41, 5.74) is 6.48. The second-order valence-electron chi connectivity index (χ2n) is 9.12. The van der Waals surface area contributed by atoms with Gasteiger partial charge in [0.25, 0.3) is 5.91 Å². The molecule has 0 fully saturated rings. The van der Waals surface area contributed by atoms with E-state index in [4.69, 9.17) is 16.7 Å². The third-order valence-electron chi connectivity index (χ3n) is 6.10. The van der Waals surface area contributed by atoms with Crippen LogP contribution in [0.5, 0.6) is 0 Å². The van der Waals surface area contributed by atoms with Gasteiger partial charge in [-0.15, -0.1) is 0 Å². The minimum atomic E-state index is -0.0711. The summed E-state index contributed by atoms with van der Waals surface area (Å²) >= 11 is 6.30. The Kier molecular flexibility index (Phi) is 7.69. The summed E-state index contributed by atoms with van der Waals surface area (Å²) < 4.78 is 1.71. The van der Waals surface area contributed by atoms with Gasteiger partial charge in [-0.05, 0) is 75.0 Å². The van der Waals surface area contributed by atoms with Crippen molar-refractivity contribution in [1.29, 1.82) is 0 Å². The molecule has 0 atom stereocenters. The molecule has 35 heavy (non-hydrogen) atoms. The van der Waals surface area contributed by atoms with E-state index in [2.05, 4.69) is 36.9 Å².